The minimum absolute atomic E-state index is 0.0707. The van der Waals surface area contributed by atoms with E-state index < -0.39 is 0 Å². The highest BCUT2D eigenvalue weighted by atomic mass is 16.5. The number of aliphatic hydroxyl groups is 1. The Morgan fingerprint density at radius 3 is 3.25 bits per heavy atom. The Morgan fingerprint density at radius 1 is 1.62 bits per heavy atom. The van der Waals surface area contributed by atoms with Crippen LogP contribution in [-0.2, 0) is 11.3 Å². The van der Waals surface area contributed by atoms with Crippen molar-refractivity contribution in [3.05, 3.63) is 24.0 Å². The van der Waals surface area contributed by atoms with Gasteiger partial charge in [-0.3, -0.25) is 9.88 Å². The van der Waals surface area contributed by atoms with E-state index in [-0.39, 0.29) is 12.6 Å². The second-order valence-electron chi connectivity index (χ2n) is 3.96. The molecular formula is C11H17N3O2. The second-order valence-corrected chi connectivity index (χ2v) is 3.96. The van der Waals surface area contributed by atoms with E-state index >= 15 is 0 Å². The van der Waals surface area contributed by atoms with Gasteiger partial charge in [0.25, 0.3) is 0 Å². The third-order valence-electron chi connectivity index (χ3n) is 2.88. The number of anilines is 1. The highest BCUT2D eigenvalue weighted by molar-refractivity contribution is 5.43. The minimum Gasteiger partial charge on any atom is -0.397 e. The normalized spacial score (nSPS) is 22.2. The van der Waals surface area contributed by atoms with Crippen molar-refractivity contribution in [2.75, 3.05) is 32.1 Å². The molecule has 0 bridgehead atoms. The number of aromatic nitrogens is 1. The zero-order valence-electron chi connectivity index (χ0n) is 9.17. The van der Waals surface area contributed by atoms with Gasteiger partial charge in [-0.2, -0.15) is 0 Å². The van der Waals surface area contributed by atoms with Gasteiger partial charge in [0, 0.05) is 19.3 Å². The lowest BCUT2D eigenvalue weighted by molar-refractivity contribution is -0.0311. The Morgan fingerprint density at radius 2 is 2.50 bits per heavy atom. The number of nitrogens with two attached hydrogens (primary N) is 1. The molecule has 1 aromatic rings. The van der Waals surface area contributed by atoms with Gasteiger partial charge in [-0.05, 0) is 11.6 Å². The van der Waals surface area contributed by atoms with Crippen molar-refractivity contribution in [2.45, 2.75) is 12.6 Å². The molecule has 0 saturated carbocycles. The average molecular weight is 223 g/mol. The second kappa shape index (κ2) is 5.25. The molecule has 88 valence electrons. The molecule has 3 N–H and O–H groups in total. The van der Waals surface area contributed by atoms with Crippen molar-refractivity contribution in [3.8, 4) is 0 Å². The maximum atomic E-state index is 9.24. The third-order valence-corrected chi connectivity index (χ3v) is 2.88. The van der Waals surface area contributed by atoms with Gasteiger partial charge < -0.3 is 15.6 Å². The van der Waals surface area contributed by atoms with Gasteiger partial charge in [-0.15, -0.1) is 0 Å². The summed E-state index contributed by atoms with van der Waals surface area (Å²) in [5.74, 6) is 0. The van der Waals surface area contributed by atoms with Gasteiger partial charge in [0.2, 0.25) is 0 Å². The molecule has 0 spiro atoms. The first-order valence-corrected chi connectivity index (χ1v) is 5.42. The largest absolute Gasteiger partial charge is 0.397 e. The molecule has 2 rings (SSSR count). The van der Waals surface area contributed by atoms with Gasteiger partial charge in [0.05, 0.1) is 37.7 Å². The summed E-state index contributed by atoms with van der Waals surface area (Å²) in [4.78, 5) is 6.15. The van der Waals surface area contributed by atoms with E-state index in [1.54, 1.807) is 12.4 Å². The zero-order chi connectivity index (χ0) is 11.4. The number of rotatable bonds is 3. The number of aliphatic hydroxyl groups excluding tert-OH is 1. The van der Waals surface area contributed by atoms with E-state index in [0.29, 0.717) is 18.9 Å². The maximum absolute atomic E-state index is 9.24. The van der Waals surface area contributed by atoms with E-state index in [1.165, 1.54) is 0 Å². The van der Waals surface area contributed by atoms with Crippen LogP contribution < -0.4 is 5.73 Å². The molecule has 1 fully saturated rings. The Balaban J connectivity index is 2.05. The fourth-order valence-electron chi connectivity index (χ4n) is 1.86. The van der Waals surface area contributed by atoms with Crippen LogP contribution in [0.4, 0.5) is 5.69 Å². The predicted molar refractivity (Wildman–Crippen MR) is 60.8 cm³/mol. The first kappa shape index (κ1) is 11.3. The number of hydrogen-bond donors (Lipinski definition) is 2. The van der Waals surface area contributed by atoms with Crippen LogP contribution >= 0.6 is 0 Å². The van der Waals surface area contributed by atoms with E-state index in [2.05, 4.69) is 9.88 Å². The highest BCUT2D eigenvalue weighted by Crippen LogP contribution is 2.15. The molecule has 0 aliphatic carbocycles. The average Bonchev–Trinajstić information content (AvgIpc) is 2.33. The molecule has 16 heavy (non-hydrogen) atoms. The molecule has 1 atom stereocenters. The molecule has 5 heteroatoms. The molecule has 0 unspecified atom stereocenters. The summed E-state index contributed by atoms with van der Waals surface area (Å²) in [6.45, 7) is 2.98. The number of morpholine rings is 1. The first-order chi connectivity index (χ1) is 7.81. The van der Waals surface area contributed by atoms with Crippen LogP contribution in [0.15, 0.2) is 18.5 Å². The van der Waals surface area contributed by atoms with Crippen molar-refractivity contribution >= 4 is 5.69 Å². The standard InChI is InChI=1S/C11H17N3O2/c12-11-5-13-2-1-9(11)6-14-3-4-16-8-10(14)7-15/h1-2,5,10,15H,3-4,6-8,12H2/t10-/m1/s1. The molecule has 2 heterocycles. The Kier molecular flexibility index (Phi) is 3.71. The third kappa shape index (κ3) is 2.49. The Bertz CT molecular complexity index is 346. The van der Waals surface area contributed by atoms with E-state index in [4.69, 9.17) is 10.5 Å². The van der Waals surface area contributed by atoms with Crippen LogP contribution in [0.1, 0.15) is 5.56 Å². The summed E-state index contributed by atoms with van der Waals surface area (Å²) in [5.41, 5.74) is 7.59. The predicted octanol–water partition coefficient (Wildman–Crippen LogP) is -0.143. The van der Waals surface area contributed by atoms with Gasteiger partial charge in [-0.25, -0.2) is 0 Å². The molecule has 0 aromatic carbocycles. The van der Waals surface area contributed by atoms with Gasteiger partial charge >= 0.3 is 0 Å². The fraction of sp³-hybridized carbons (Fsp3) is 0.545. The SMILES string of the molecule is Nc1cnccc1CN1CCOC[C@H]1CO. The number of hydrogen-bond acceptors (Lipinski definition) is 5. The first-order valence-electron chi connectivity index (χ1n) is 5.42. The number of nitrogens with zero attached hydrogens (tertiary/aromatic N) is 2. The molecule has 0 radical (unpaired) electrons. The fourth-order valence-corrected chi connectivity index (χ4v) is 1.86. The molecule has 0 amide bonds. The minimum atomic E-state index is 0.0707. The van der Waals surface area contributed by atoms with E-state index in [0.717, 1.165) is 18.7 Å². The van der Waals surface area contributed by atoms with Gasteiger partial charge in [-0.1, -0.05) is 0 Å². The summed E-state index contributed by atoms with van der Waals surface area (Å²) in [6.07, 6.45) is 3.39. The van der Waals surface area contributed by atoms with Crippen LogP contribution in [0, 0.1) is 0 Å². The molecule has 5 nitrogen and oxygen atoms in total. The van der Waals surface area contributed by atoms with E-state index in [1.807, 2.05) is 6.07 Å². The van der Waals surface area contributed by atoms with Gasteiger partial charge in [0.1, 0.15) is 0 Å². The maximum Gasteiger partial charge on any atom is 0.0644 e. The number of pyridine rings is 1. The van der Waals surface area contributed by atoms with E-state index in [9.17, 15) is 5.11 Å². The van der Waals surface area contributed by atoms with Crippen molar-refractivity contribution in [1.29, 1.82) is 0 Å². The van der Waals surface area contributed by atoms with Crippen LogP contribution in [0.2, 0.25) is 0 Å². The van der Waals surface area contributed by atoms with Crippen molar-refractivity contribution in [3.63, 3.8) is 0 Å². The van der Waals surface area contributed by atoms with Crippen LogP contribution in [0.25, 0.3) is 0 Å². The van der Waals surface area contributed by atoms with Crippen LogP contribution in [-0.4, -0.2) is 47.4 Å². The van der Waals surface area contributed by atoms with Crippen LogP contribution in [0.3, 0.4) is 0 Å². The van der Waals surface area contributed by atoms with Crippen molar-refractivity contribution in [1.82, 2.24) is 9.88 Å². The topological polar surface area (TPSA) is 71.6 Å². The molecule has 1 saturated heterocycles. The van der Waals surface area contributed by atoms with Crippen molar-refractivity contribution < 1.29 is 9.84 Å². The monoisotopic (exact) mass is 223 g/mol. The Hall–Kier alpha value is -1.17. The highest BCUT2D eigenvalue weighted by Gasteiger charge is 2.22. The molecule has 1 aliphatic rings. The van der Waals surface area contributed by atoms with Gasteiger partial charge in [0.15, 0.2) is 0 Å². The molecule has 1 aromatic heterocycles. The quantitative estimate of drug-likeness (QED) is 0.746. The smallest absolute Gasteiger partial charge is 0.0644 e. The lowest BCUT2D eigenvalue weighted by Crippen LogP contribution is -2.46. The summed E-state index contributed by atoms with van der Waals surface area (Å²) >= 11 is 0. The summed E-state index contributed by atoms with van der Waals surface area (Å²) < 4.78 is 5.33. The molecular weight excluding hydrogens is 206 g/mol. The lowest BCUT2D eigenvalue weighted by Gasteiger charge is -2.34. The van der Waals surface area contributed by atoms with Crippen LogP contribution in [0.5, 0.6) is 0 Å². The molecule has 1 aliphatic heterocycles. The lowest BCUT2D eigenvalue weighted by atomic mass is 10.1. The number of nitrogen functional groups attached to an aromatic ring is 1. The summed E-state index contributed by atoms with van der Waals surface area (Å²) in [6, 6.07) is 1.99. The number of ether oxygens (including phenoxy) is 1. The Labute approximate surface area is 94.8 Å². The van der Waals surface area contributed by atoms with Crippen molar-refractivity contribution in [2.24, 2.45) is 0 Å². The summed E-state index contributed by atoms with van der Waals surface area (Å²) in [5, 5.41) is 9.24. The summed E-state index contributed by atoms with van der Waals surface area (Å²) in [7, 11) is 0. The zero-order valence-corrected chi connectivity index (χ0v) is 9.17.